The normalized spacial score (nSPS) is 12.9. The molecule has 1 unspecified atom stereocenters. The highest BCUT2D eigenvalue weighted by atomic mass is 35.5. The van der Waals surface area contributed by atoms with Gasteiger partial charge in [-0.2, -0.15) is 5.10 Å². The Morgan fingerprint density at radius 2 is 2.32 bits per heavy atom. The van der Waals surface area contributed by atoms with Gasteiger partial charge < -0.3 is 4.74 Å². The molecule has 7 heteroatoms. The fraction of sp³-hybridized carbons (Fsp3) is 0.417. The van der Waals surface area contributed by atoms with E-state index in [1.54, 1.807) is 13.8 Å². The number of carbonyl (C=O) groups excluding carboxylic acids is 2. The molecule has 1 N–H and O–H groups in total. The SMILES string of the molecule is CCOC(=O)C(Cl)/C(C)=N/NC(=O)Cc1cccs1. The lowest BCUT2D eigenvalue weighted by Crippen LogP contribution is -2.28. The predicted octanol–water partition coefficient (Wildman–Crippen LogP) is 1.95. The summed E-state index contributed by atoms with van der Waals surface area (Å²) < 4.78 is 4.75. The maximum Gasteiger partial charge on any atom is 0.329 e. The molecular formula is C12H15ClN2O3S. The van der Waals surface area contributed by atoms with E-state index in [0.717, 1.165) is 4.88 Å². The van der Waals surface area contributed by atoms with Crippen LogP contribution >= 0.6 is 22.9 Å². The highest BCUT2D eigenvalue weighted by Gasteiger charge is 2.20. The number of esters is 1. The van der Waals surface area contributed by atoms with Gasteiger partial charge in [0.05, 0.1) is 18.7 Å². The fourth-order valence-corrected chi connectivity index (χ4v) is 2.02. The maximum atomic E-state index is 11.6. The van der Waals surface area contributed by atoms with Crippen molar-refractivity contribution in [1.29, 1.82) is 0 Å². The lowest BCUT2D eigenvalue weighted by Gasteiger charge is -2.08. The minimum Gasteiger partial charge on any atom is -0.465 e. The molecule has 0 fully saturated rings. The van der Waals surface area contributed by atoms with Gasteiger partial charge in [0.1, 0.15) is 0 Å². The molecule has 0 aliphatic rings. The van der Waals surface area contributed by atoms with E-state index in [9.17, 15) is 9.59 Å². The molecule has 1 heterocycles. The molecule has 0 radical (unpaired) electrons. The van der Waals surface area contributed by atoms with Crippen molar-refractivity contribution in [2.75, 3.05) is 6.61 Å². The molecule has 0 aliphatic carbocycles. The number of rotatable bonds is 6. The molecule has 104 valence electrons. The summed E-state index contributed by atoms with van der Waals surface area (Å²) in [5.41, 5.74) is 2.65. The average Bonchev–Trinajstić information content (AvgIpc) is 2.88. The third-order valence-corrected chi connectivity index (χ3v) is 3.50. The molecule has 0 saturated heterocycles. The summed E-state index contributed by atoms with van der Waals surface area (Å²) in [5, 5.41) is 4.71. The Balaban J connectivity index is 2.46. The molecule has 19 heavy (non-hydrogen) atoms. The summed E-state index contributed by atoms with van der Waals surface area (Å²) in [5.74, 6) is -0.826. The van der Waals surface area contributed by atoms with E-state index in [-0.39, 0.29) is 18.9 Å². The van der Waals surface area contributed by atoms with Crippen molar-refractivity contribution in [2.45, 2.75) is 25.6 Å². The largest absolute Gasteiger partial charge is 0.465 e. The number of alkyl halides is 1. The predicted molar refractivity (Wildman–Crippen MR) is 75.5 cm³/mol. The Hall–Kier alpha value is -1.40. The van der Waals surface area contributed by atoms with Gasteiger partial charge in [-0.05, 0) is 25.3 Å². The Morgan fingerprint density at radius 3 is 2.89 bits per heavy atom. The number of nitrogens with one attached hydrogen (secondary N) is 1. The van der Waals surface area contributed by atoms with E-state index in [1.165, 1.54) is 11.3 Å². The number of hydrogen-bond acceptors (Lipinski definition) is 5. The van der Waals surface area contributed by atoms with Crippen LogP contribution < -0.4 is 5.43 Å². The van der Waals surface area contributed by atoms with Crippen LogP contribution in [0.25, 0.3) is 0 Å². The lowest BCUT2D eigenvalue weighted by atomic mass is 10.3. The molecule has 0 aromatic carbocycles. The molecule has 1 amide bonds. The Kier molecular flexibility index (Phi) is 6.52. The van der Waals surface area contributed by atoms with Crippen molar-refractivity contribution in [1.82, 2.24) is 5.43 Å². The number of carbonyl (C=O) groups is 2. The van der Waals surface area contributed by atoms with Crippen LogP contribution in [0.4, 0.5) is 0 Å². The van der Waals surface area contributed by atoms with E-state index in [0.29, 0.717) is 5.71 Å². The topological polar surface area (TPSA) is 67.8 Å². The number of thiophene rings is 1. The van der Waals surface area contributed by atoms with Crippen molar-refractivity contribution in [3.8, 4) is 0 Å². The van der Waals surface area contributed by atoms with Crippen LogP contribution in [0.3, 0.4) is 0 Å². The quantitative estimate of drug-likeness (QED) is 0.378. The first-order chi connectivity index (χ1) is 9.04. The van der Waals surface area contributed by atoms with Crippen LogP contribution in [0.15, 0.2) is 22.6 Å². The minimum absolute atomic E-state index is 0.250. The molecule has 5 nitrogen and oxygen atoms in total. The third-order valence-electron chi connectivity index (χ3n) is 2.13. The minimum atomic E-state index is -0.984. The van der Waals surface area contributed by atoms with Gasteiger partial charge in [-0.15, -0.1) is 22.9 Å². The third kappa shape index (κ3) is 5.40. The molecule has 0 bridgehead atoms. The second-order valence-electron chi connectivity index (χ2n) is 3.66. The highest BCUT2D eigenvalue weighted by molar-refractivity contribution is 7.10. The van der Waals surface area contributed by atoms with Gasteiger partial charge in [0.15, 0.2) is 5.38 Å². The van der Waals surface area contributed by atoms with E-state index in [4.69, 9.17) is 16.3 Å². The van der Waals surface area contributed by atoms with E-state index >= 15 is 0 Å². The average molecular weight is 303 g/mol. The fourth-order valence-electron chi connectivity index (χ4n) is 1.20. The standard InChI is InChI=1S/C12H15ClN2O3S/c1-3-18-12(17)11(13)8(2)14-15-10(16)7-9-5-4-6-19-9/h4-6,11H,3,7H2,1-2H3,(H,15,16)/b14-8+. The van der Waals surface area contributed by atoms with Crippen LogP contribution in [0.5, 0.6) is 0 Å². The Bertz CT molecular complexity index is 460. The smallest absolute Gasteiger partial charge is 0.329 e. The number of hydrogen-bond donors (Lipinski definition) is 1. The van der Waals surface area contributed by atoms with Gasteiger partial charge in [0, 0.05) is 4.88 Å². The van der Waals surface area contributed by atoms with Crippen molar-refractivity contribution < 1.29 is 14.3 Å². The number of nitrogens with zero attached hydrogens (tertiary/aromatic N) is 1. The van der Waals surface area contributed by atoms with Crippen molar-refractivity contribution >= 4 is 40.5 Å². The molecule has 1 rings (SSSR count). The summed E-state index contributed by atoms with van der Waals surface area (Å²) in [6, 6.07) is 3.74. The first kappa shape index (κ1) is 15.7. The summed E-state index contributed by atoms with van der Waals surface area (Å²) >= 11 is 7.33. The van der Waals surface area contributed by atoms with Crippen LogP contribution in [0.1, 0.15) is 18.7 Å². The second-order valence-corrected chi connectivity index (χ2v) is 5.13. The first-order valence-corrected chi connectivity index (χ1v) is 7.02. The number of amides is 1. The van der Waals surface area contributed by atoms with Gasteiger partial charge in [-0.3, -0.25) is 9.59 Å². The lowest BCUT2D eigenvalue weighted by molar-refractivity contribution is -0.141. The first-order valence-electron chi connectivity index (χ1n) is 5.70. The van der Waals surface area contributed by atoms with Gasteiger partial charge in [0.25, 0.3) is 0 Å². The zero-order valence-corrected chi connectivity index (χ0v) is 12.3. The van der Waals surface area contributed by atoms with Crippen LogP contribution in [-0.2, 0) is 20.7 Å². The molecule has 0 aliphatic heterocycles. The highest BCUT2D eigenvalue weighted by Crippen LogP contribution is 2.08. The number of ether oxygens (including phenoxy) is 1. The molecule has 1 aromatic rings. The zero-order chi connectivity index (χ0) is 14.3. The van der Waals surface area contributed by atoms with Gasteiger partial charge >= 0.3 is 5.97 Å². The number of halogens is 1. The van der Waals surface area contributed by atoms with E-state index in [1.807, 2.05) is 17.5 Å². The molecule has 0 saturated carbocycles. The molecule has 0 spiro atoms. The van der Waals surface area contributed by atoms with E-state index in [2.05, 4.69) is 10.5 Å². The van der Waals surface area contributed by atoms with Gasteiger partial charge in [-0.25, -0.2) is 5.43 Å². The van der Waals surface area contributed by atoms with Gasteiger partial charge in [-0.1, -0.05) is 6.07 Å². The van der Waals surface area contributed by atoms with Crippen LogP contribution in [-0.4, -0.2) is 29.6 Å². The Labute approximate surface area is 120 Å². The van der Waals surface area contributed by atoms with Crippen molar-refractivity contribution in [3.63, 3.8) is 0 Å². The summed E-state index contributed by atoms with van der Waals surface area (Å²) in [6.45, 7) is 3.50. The molecular weight excluding hydrogens is 288 g/mol. The summed E-state index contributed by atoms with van der Waals surface area (Å²) in [4.78, 5) is 23.8. The Morgan fingerprint density at radius 1 is 1.58 bits per heavy atom. The van der Waals surface area contributed by atoms with Gasteiger partial charge in [0.2, 0.25) is 5.91 Å². The monoisotopic (exact) mass is 302 g/mol. The summed E-state index contributed by atoms with van der Waals surface area (Å²) in [6.07, 6.45) is 0.251. The van der Waals surface area contributed by atoms with E-state index < -0.39 is 11.3 Å². The van der Waals surface area contributed by atoms with Crippen molar-refractivity contribution in [3.05, 3.63) is 22.4 Å². The summed E-state index contributed by atoms with van der Waals surface area (Å²) in [7, 11) is 0. The maximum absolute atomic E-state index is 11.6. The molecule has 1 aromatic heterocycles. The molecule has 1 atom stereocenters. The second kappa shape index (κ2) is 7.91. The van der Waals surface area contributed by atoms with Crippen LogP contribution in [0.2, 0.25) is 0 Å². The number of hydrazone groups is 1. The van der Waals surface area contributed by atoms with Crippen molar-refractivity contribution in [2.24, 2.45) is 5.10 Å². The zero-order valence-electron chi connectivity index (χ0n) is 10.7. The van der Waals surface area contributed by atoms with Crippen LogP contribution in [0, 0.1) is 0 Å².